The van der Waals surface area contributed by atoms with E-state index in [0.717, 1.165) is 12.0 Å². The van der Waals surface area contributed by atoms with Gasteiger partial charge in [-0.2, -0.15) is 0 Å². The Morgan fingerprint density at radius 1 is 1.05 bits per heavy atom. The maximum atomic E-state index is 12.3. The Bertz CT molecular complexity index is 690. The first-order valence-electron chi connectivity index (χ1n) is 7.14. The van der Waals surface area contributed by atoms with Gasteiger partial charge >= 0.3 is 5.97 Å². The molecule has 0 radical (unpaired) electrons. The lowest BCUT2D eigenvalue weighted by Gasteiger charge is -2.10. The molecule has 0 saturated heterocycles. The summed E-state index contributed by atoms with van der Waals surface area (Å²) in [7, 11) is 1.33. The van der Waals surface area contributed by atoms with Gasteiger partial charge in [-0.05, 0) is 48.7 Å². The molecule has 1 amide bonds. The average Bonchev–Trinajstić information content (AvgIpc) is 2.56. The van der Waals surface area contributed by atoms with Crippen LogP contribution in [0.1, 0.15) is 38.8 Å². The number of carbonyl (C=O) groups excluding carboxylic acids is 2. The summed E-state index contributed by atoms with van der Waals surface area (Å²) >= 11 is 0. The highest BCUT2D eigenvalue weighted by atomic mass is 16.5. The molecule has 0 aliphatic rings. The predicted octanol–water partition coefficient (Wildman–Crippen LogP) is 3.60. The summed E-state index contributed by atoms with van der Waals surface area (Å²) in [4.78, 5) is 23.9. The molecule has 0 aliphatic heterocycles. The molecule has 0 heterocycles. The molecule has 0 saturated carbocycles. The van der Waals surface area contributed by atoms with Crippen LogP contribution in [0, 0.1) is 6.92 Å². The van der Waals surface area contributed by atoms with Crippen molar-refractivity contribution < 1.29 is 14.3 Å². The Hall–Kier alpha value is -2.62. The van der Waals surface area contributed by atoms with Gasteiger partial charge in [0.2, 0.25) is 0 Å². The lowest BCUT2D eigenvalue weighted by Crippen LogP contribution is -2.13. The number of ether oxygens (including phenoxy) is 1. The van der Waals surface area contributed by atoms with Gasteiger partial charge in [0.15, 0.2) is 0 Å². The van der Waals surface area contributed by atoms with Crippen LogP contribution in [0.3, 0.4) is 0 Å². The van der Waals surface area contributed by atoms with Gasteiger partial charge in [-0.25, -0.2) is 4.79 Å². The van der Waals surface area contributed by atoms with Crippen LogP contribution in [-0.4, -0.2) is 19.0 Å². The SMILES string of the molecule is CCc1ccc(C(=O)Nc2cc(C(=O)OC)ccc2C)cc1. The number of hydrogen-bond acceptors (Lipinski definition) is 3. The maximum absolute atomic E-state index is 12.3. The Morgan fingerprint density at radius 3 is 2.27 bits per heavy atom. The molecule has 4 heteroatoms. The Morgan fingerprint density at radius 2 is 1.68 bits per heavy atom. The number of methoxy groups -OCH3 is 1. The molecule has 1 N–H and O–H groups in total. The van der Waals surface area contributed by atoms with Crippen molar-refractivity contribution in [2.45, 2.75) is 20.3 Å². The Labute approximate surface area is 130 Å². The molecule has 2 aromatic rings. The number of amides is 1. The zero-order valence-electron chi connectivity index (χ0n) is 13.0. The van der Waals surface area contributed by atoms with Crippen molar-refractivity contribution in [1.29, 1.82) is 0 Å². The normalized spacial score (nSPS) is 10.1. The number of hydrogen-bond donors (Lipinski definition) is 1. The van der Waals surface area contributed by atoms with Gasteiger partial charge in [0.1, 0.15) is 0 Å². The minimum absolute atomic E-state index is 0.201. The van der Waals surface area contributed by atoms with Crippen LogP contribution >= 0.6 is 0 Å². The fraction of sp³-hybridized carbons (Fsp3) is 0.222. The molecule has 22 heavy (non-hydrogen) atoms. The minimum Gasteiger partial charge on any atom is -0.465 e. The largest absolute Gasteiger partial charge is 0.465 e. The summed E-state index contributed by atoms with van der Waals surface area (Å²) in [6.07, 6.45) is 0.933. The summed E-state index contributed by atoms with van der Waals surface area (Å²) in [5.41, 5.74) is 3.66. The van der Waals surface area contributed by atoms with E-state index >= 15 is 0 Å². The van der Waals surface area contributed by atoms with E-state index in [1.165, 1.54) is 12.7 Å². The van der Waals surface area contributed by atoms with E-state index in [4.69, 9.17) is 4.74 Å². The Balaban J connectivity index is 2.21. The number of carbonyl (C=O) groups is 2. The molecule has 0 spiro atoms. The fourth-order valence-electron chi connectivity index (χ4n) is 2.09. The summed E-state index contributed by atoms with van der Waals surface area (Å²) in [5.74, 6) is -0.629. The molecular weight excluding hydrogens is 278 g/mol. The van der Waals surface area contributed by atoms with Crippen molar-refractivity contribution in [3.8, 4) is 0 Å². The van der Waals surface area contributed by atoms with Crippen molar-refractivity contribution >= 4 is 17.6 Å². The molecule has 2 aromatic carbocycles. The zero-order valence-corrected chi connectivity index (χ0v) is 13.0. The lowest BCUT2D eigenvalue weighted by atomic mass is 10.1. The average molecular weight is 297 g/mol. The smallest absolute Gasteiger partial charge is 0.337 e. The van der Waals surface area contributed by atoms with Crippen molar-refractivity contribution in [3.63, 3.8) is 0 Å². The number of benzene rings is 2. The molecule has 0 fully saturated rings. The number of anilines is 1. The number of esters is 1. The third kappa shape index (κ3) is 3.52. The fourth-order valence-corrected chi connectivity index (χ4v) is 2.09. The van der Waals surface area contributed by atoms with Crippen molar-refractivity contribution in [3.05, 3.63) is 64.7 Å². The summed E-state index contributed by atoms with van der Waals surface area (Å²) in [6, 6.07) is 12.6. The van der Waals surface area contributed by atoms with Crippen LogP contribution in [-0.2, 0) is 11.2 Å². The van der Waals surface area contributed by atoms with Crippen LogP contribution in [0.4, 0.5) is 5.69 Å². The molecule has 0 aromatic heterocycles. The first kappa shape index (κ1) is 15.8. The first-order valence-corrected chi connectivity index (χ1v) is 7.14. The molecule has 114 valence electrons. The minimum atomic E-state index is -0.428. The van der Waals surface area contributed by atoms with E-state index in [-0.39, 0.29) is 5.91 Å². The van der Waals surface area contributed by atoms with Gasteiger partial charge in [0.05, 0.1) is 12.7 Å². The number of rotatable bonds is 4. The zero-order chi connectivity index (χ0) is 16.1. The second-order valence-electron chi connectivity index (χ2n) is 5.03. The van der Waals surface area contributed by atoms with Gasteiger partial charge in [-0.15, -0.1) is 0 Å². The van der Waals surface area contributed by atoms with Crippen LogP contribution in [0.25, 0.3) is 0 Å². The van der Waals surface area contributed by atoms with Crippen LogP contribution in [0.15, 0.2) is 42.5 Å². The van der Waals surface area contributed by atoms with Crippen LogP contribution in [0.5, 0.6) is 0 Å². The van der Waals surface area contributed by atoms with Gasteiger partial charge in [0.25, 0.3) is 5.91 Å². The number of aryl methyl sites for hydroxylation is 2. The van der Waals surface area contributed by atoms with E-state index in [1.807, 2.05) is 19.1 Å². The summed E-state index contributed by atoms with van der Waals surface area (Å²) in [6.45, 7) is 3.94. The van der Waals surface area contributed by atoms with Crippen LogP contribution in [0.2, 0.25) is 0 Å². The monoisotopic (exact) mass is 297 g/mol. The van der Waals surface area contributed by atoms with Gasteiger partial charge in [-0.3, -0.25) is 4.79 Å². The highest BCUT2D eigenvalue weighted by molar-refractivity contribution is 6.05. The third-order valence-corrected chi connectivity index (χ3v) is 3.53. The Kier molecular flexibility index (Phi) is 4.94. The molecule has 0 unspecified atom stereocenters. The first-order chi connectivity index (χ1) is 10.5. The number of nitrogens with one attached hydrogen (secondary N) is 1. The van der Waals surface area contributed by atoms with E-state index in [0.29, 0.717) is 16.8 Å². The van der Waals surface area contributed by atoms with Crippen molar-refractivity contribution in [1.82, 2.24) is 0 Å². The van der Waals surface area contributed by atoms with E-state index in [9.17, 15) is 9.59 Å². The second-order valence-corrected chi connectivity index (χ2v) is 5.03. The van der Waals surface area contributed by atoms with E-state index in [2.05, 4.69) is 12.2 Å². The summed E-state index contributed by atoms with van der Waals surface area (Å²) < 4.78 is 4.69. The molecule has 0 atom stereocenters. The second kappa shape index (κ2) is 6.89. The van der Waals surface area contributed by atoms with Gasteiger partial charge in [0, 0.05) is 11.3 Å². The van der Waals surface area contributed by atoms with Crippen molar-refractivity contribution in [2.24, 2.45) is 0 Å². The summed E-state index contributed by atoms with van der Waals surface area (Å²) in [5, 5.41) is 2.84. The topological polar surface area (TPSA) is 55.4 Å². The predicted molar refractivity (Wildman–Crippen MR) is 86.3 cm³/mol. The molecular formula is C18H19NO3. The van der Waals surface area contributed by atoms with Crippen molar-refractivity contribution in [2.75, 3.05) is 12.4 Å². The highest BCUT2D eigenvalue weighted by Gasteiger charge is 2.11. The highest BCUT2D eigenvalue weighted by Crippen LogP contribution is 2.19. The third-order valence-electron chi connectivity index (χ3n) is 3.53. The van der Waals surface area contributed by atoms with E-state index < -0.39 is 5.97 Å². The van der Waals surface area contributed by atoms with Crippen LogP contribution < -0.4 is 5.32 Å². The van der Waals surface area contributed by atoms with Gasteiger partial charge in [-0.1, -0.05) is 25.1 Å². The maximum Gasteiger partial charge on any atom is 0.337 e. The quantitative estimate of drug-likeness (QED) is 0.877. The van der Waals surface area contributed by atoms with Gasteiger partial charge < -0.3 is 10.1 Å². The molecule has 4 nitrogen and oxygen atoms in total. The van der Waals surface area contributed by atoms with E-state index in [1.54, 1.807) is 30.3 Å². The molecule has 0 bridgehead atoms. The lowest BCUT2D eigenvalue weighted by molar-refractivity contribution is 0.0600. The standard InChI is InChI=1S/C18H19NO3/c1-4-13-6-9-14(10-7-13)17(20)19-16-11-15(18(21)22-3)8-5-12(16)2/h5-11H,4H2,1-3H3,(H,19,20). The molecule has 0 aliphatic carbocycles. The molecule has 2 rings (SSSR count).